The highest BCUT2D eigenvalue weighted by Gasteiger charge is 2.09. The molecule has 0 spiro atoms. The molecular weight excluding hydrogens is 302 g/mol. The number of benzene rings is 1. The molecule has 1 aromatic heterocycles. The molecule has 0 bridgehead atoms. The molecule has 0 saturated carbocycles. The highest BCUT2D eigenvalue weighted by atomic mass is 79.9. The minimum absolute atomic E-state index is 0.0289. The van der Waals surface area contributed by atoms with Crippen molar-refractivity contribution in [1.82, 2.24) is 4.98 Å². The zero-order chi connectivity index (χ0) is 12.3. The van der Waals surface area contributed by atoms with Crippen LogP contribution in [0.2, 0.25) is 5.15 Å². The van der Waals surface area contributed by atoms with Crippen molar-refractivity contribution in [3.8, 4) is 0 Å². The molecule has 0 unspecified atom stereocenters. The van der Waals surface area contributed by atoms with Crippen molar-refractivity contribution in [2.24, 2.45) is 0 Å². The molecule has 2 nitrogen and oxygen atoms in total. The minimum Gasteiger partial charge on any atom is -0.294 e. The molecule has 0 N–H and O–H groups in total. The van der Waals surface area contributed by atoms with Crippen LogP contribution in [0.25, 0.3) is 0 Å². The van der Waals surface area contributed by atoms with Crippen LogP contribution in [-0.2, 0) is 6.42 Å². The van der Waals surface area contributed by atoms with E-state index in [-0.39, 0.29) is 5.78 Å². The summed E-state index contributed by atoms with van der Waals surface area (Å²) in [6.07, 6.45) is 1.89. The molecule has 0 aliphatic carbocycles. The van der Waals surface area contributed by atoms with Crippen molar-refractivity contribution in [1.29, 1.82) is 0 Å². The van der Waals surface area contributed by atoms with Gasteiger partial charge < -0.3 is 0 Å². The summed E-state index contributed by atoms with van der Waals surface area (Å²) in [5, 5.41) is 0.336. The Hall–Kier alpha value is -1.19. The van der Waals surface area contributed by atoms with Crippen LogP contribution in [-0.4, -0.2) is 10.8 Å². The molecule has 0 radical (unpaired) electrons. The maximum absolute atomic E-state index is 12.0. The van der Waals surface area contributed by atoms with Crippen molar-refractivity contribution < 1.29 is 4.79 Å². The highest BCUT2D eigenvalue weighted by molar-refractivity contribution is 9.10. The Bertz CT molecular complexity index is 557. The molecule has 2 rings (SSSR count). The second kappa shape index (κ2) is 5.43. The number of ketones is 1. The van der Waals surface area contributed by atoms with E-state index in [0.717, 1.165) is 10.0 Å². The summed E-state index contributed by atoms with van der Waals surface area (Å²) in [5.74, 6) is 0.0289. The topological polar surface area (TPSA) is 30.0 Å². The first-order valence-electron chi connectivity index (χ1n) is 5.05. The summed E-state index contributed by atoms with van der Waals surface area (Å²) in [7, 11) is 0. The zero-order valence-electron chi connectivity index (χ0n) is 8.86. The predicted molar refractivity (Wildman–Crippen MR) is 71.4 cm³/mol. The zero-order valence-corrected chi connectivity index (χ0v) is 11.2. The normalized spacial score (nSPS) is 10.2. The van der Waals surface area contributed by atoms with E-state index in [2.05, 4.69) is 20.9 Å². The number of hydrogen-bond donors (Lipinski definition) is 0. The number of halogens is 2. The van der Waals surface area contributed by atoms with Crippen LogP contribution >= 0.6 is 27.5 Å². The van der Waals surface area contributed by atoms with E-state index in [1.54, 1.807) is 12.1 Å². The van der Waals surface area contributed by atoms with Gasteiger partial charge in [0.15, 0.2) is 5.78 Å². The number of hydrogen-bond acceptors (Lipinski definition) is 2. The van der Waals surface area contributed by atoms with Gasteiger partial charge in [0.1, 0.15) is 5.15 Å². The summed E-state index contributed by atoms with van der Waals surface area (Å²) < 4.78 is 0.938. The van der Waals surface area contributed by atoms with Crippen LogP contribution in [0.3, 0.4) is 0 Å². The van der Waals surface area contributed by atoms with Gasteiger partial charge in [-0.15, -0.1) is 0 Å². The summed E-state index contributed by atoms with van der Waals surface area (Å²) in [6.45, 7) is 0. The molecule has 0 aliphatic heterocycles. The van der Waals surface area contributed by atoms with Gasteiger partial charge in [0.25, 0.3) is 0 Å². The fourth-order valence-electron chi connectivity index (χ4n) is 1.49. The molecule has 86 valence electrons. The lowest BCUT2D eigenvalue weighted by Gasteiger charge is -2.03. The lowest BCUT2D eigenvalue weighted by atomic mass is 10.0. The second-order valence-electron chi connectivity index (χ2n) is 3.56. The lowest BCUT2D eigenvalue weighted by Crippen LogP contribution is -2.04. The number of carbonyl (C=O) groups excluding carboxylic acids is 1. The average Bonchev–Trinajstić information content (AvgIpc) is 2.32. The molecule has 0 amide bonds. The van der Waals surface area contributed by atoms with Crippen LogP contribution in [0.4, 0.5) is 0 Å². The number of aromatic nitrogens is 1. The molecule has 0 saturated heterocycles. The Balaban J connectivity index is 2.20. The molecule has 0 atom stereocenters. The summed E-state index contributed by atoms with van der Waals surface area (Å²) in [5.41, 5.74) is 1.55. The first-order chi connectivity index (χ1) is 8.16. The van der Waals surface area contributed by atoms with Gasteiger partial charge in [-0.1, -0.05) is 45.7 Å². The predicted octanol–water partition coefficient (Wildman–Crippen LogP) is 3.92. The van der Waals surface area contributed by atoms with Crippen molar-refractivity contribution >= 4 is 33.3 Å². The molecule has 4 heteroatoms. The van der Waals surface area contributed by atoms with E-state index in [0.29, 0.717) is 17.1 Å². The van der Waals surface area contributed by atoms with E-state index in [9.17, 15) is 4.79 Å². The van der Waals surface area contributed by atoms with E-state index in [1.165, 1.54) is 6.20 Å². The van der Waals surface area contributed by atoms with E-state index in [1.807, 2.05) is 24.3 Å². The maximum Gasteiger partial charge on any atom is 0.167 e. The van der Waals surface area contributed by atoms with Crippen LogP contribution in [0, 0.1) is 0 Å². The van der Waals surface area contributed by atoms with Gasteiger partial charge in [-0.05, 0) is 23.8 Å². The largest absolute Gasteiger partial charge is 0.294 e. The third kappa shape index (κ3) is 3.14. The number of pyridine rings is 1. The van der Waals surface area contributed by atoms with Crippen molar-refractivity contribution in [2.75, 3.05) is 0 Å². The van der Waals surface area contributed by atoms with Gasteiger partial charge in [-0.25, -0.2) is 4.98 Å². The number of rotatable bonds is 3. The number of carbonyl (C=O) groups is 1. The summed E-state index contributed by atoms with van der Waals surface area (Å²) in [4.78, 5) is 15.9. The average molecular weight is 311 g/mol. The van der Waals surface area contributed by atoms with E-state index < -0.39 is 0 Å². The Morgan fingerprint density at radius 3 is 2.76 bits per heavy atom. The quantitative estimate of drug-likeness (QED) is 0.635. The van der Waals surface area contributed by atoms with Crippen LogP contribution in [0.15, 0.2) is 47.1 Å². The van der Waals surface area contributed by atoms with Gasteiger partial charge in [0.05, 0.1) is 0 Å². The fourth-order valence-corrected chi connectivity index (χ4v) is 2.09. The van der Waals surface area contributed by atoms with Crippen molar-refractivity contribution in [3.05, 3.63) is 63.3 Å². The van der Waals surface area contributed by atoms with E-state index in [4.69, 9.17) is 11.6 Å². The molecule has 0 aliphatic rings. The monoisotopic (exact) mass is 309 g/mol. The van der Waals surface area contributed by atoms with Gasteiger partial charge >= 0.3 is 0 Å². The van der Waals surface area contributed by atoms with Gasteiger partial charge in [-0.2, -0.15) is 0 Å². The molecule has 2 aromatic rings. The SMILES string of the molecule is O=C(Cc1ccccc1Br)c1ccnc(Cl)c1. The highest BCUT2D eigenvalue weighted by Crippen LogP contribution is 2.18. The first kappa shape index (κ1) is 12.3. The van der Waals surface area contributed by atoms with Crippen LogP contribution in [0.1, 0.15) is 15.9 Å². The third-order valence-electron chi connectivity index (χ3n) is 2.36. The van der Waals surface area contributed by atoms with Crippen molar-refractivity contribution in [2.45, 2.75) is 6.42 Å². The molecule has 1 aromatic carbocycles. The smallest absolute Gasteiger partial charge is 0.167 e. The Morgan fingerprint density at radius 1 is 1.29 bits per heavy atom. The minimum atomic E-state index is 0.0289. The standard InChI is InChI=1S/C13H9BrClNO/c14-11-4-2-1-3-9(11)7-12(17)10-5-6-16-13(15)8-10/h1-6,8H,7H2. The Morgan fingerprint density at radius 2 is 2.06 bits per heavy atom. The molecular formula is C13H9BrClNO. The Labute approximate surface area is 113 Å². The third-order valence-corrected chi connectivity index (χ3v) is 3.34. The molecule has 1 heterocycles. The second-order valence-corrected chi connectivity index (χ2v) is 4.80. The van der Waals surface area contributed by atoms with Gasteiger partial charge in [0, 0.05) is 22.7 Å². The van der Waals surface area contributed by atoms with Crippen LogP contribution < -0.4 is 0 Å². The maximum atomic E-state index is 12.0. The summed E-state index contributed by atoms with van der Waals surface area (Å²) in [6, 6.07) is 10.9. The van der Waals surface area contributed by atoms with E-state index >= 15 is 0 Å². The Kier molecular flexibility index (Phi) is 3.92. The van der Waals surface area contributed by atoms with Gasteiger partial charge in [0.2, 0.25) is 0 Å². The van der Waals surface area contributed by atoms with Gasteiger partial charge in [-0.3, -0.25) is 4.79 Å². The molecule has 17 heavy (non-hydrogen) atoms. The van der Waals surface area contributed by atoms with Crippen LogP contribution in [0.5, 0.6) is 0 Å². The fraction of sp³-hybridized carbons (Fsp3) is 0.0769. The summed E-state index contributed by atoms with van der Waals surface area (Å²) >= 11 is 9.17. The number of Topliss-reactive ketones (excluding diaryl/α,β-unsaturated/α-hetero) is 1. The lowest BCUT2D eigenvalue weighted by molar-refractivity contribution is 0.0992. The van der Waals surface area contributed by atoms with Crippen molar-refractivity contribution in [3.63, 3.8) is 0 Å². The first-order valence-corrected chi connectivity index (χ1v) is 6.22. The number of nitrogens with zero attached hydrogens (tertiary/aromatic N) is 1. The molecule has 0 fully saturated rings.